The molecule has 0 unspecified atom stereocenters. The number of hydrogen-bond acceptors (Lipinski definition) is 5. The lowest BCUT2D eigenvalue weighted by atomic mass is 10.1. The van der Waals surface area contributed by atoms with E-state index in [9.17, 15) is 14.9 Å². The van der Waals surface area contributed by atoms with E-state index in [1.165, 1.54) is 24.4 Å². The van der Waals surface area contributed by atoms with Gasteiger partial charge in [0.2, 0.25) is 0 Å². The molecule has 0 aliphatic carbocycles. The number of carbonyl (C=O) groups excluding carboxylic acids is 1. The number of aromatic nitrogens is 2. The molecule has 0 aliphatic heterocycles. The van der Waals surface area contributed by atoms with Crippen LogP contribution in [-0.2, 0) is 0 Å². The number of nitrogens with zero attached hydrogens (tertiary/aromatic N) is 2. The molecule has 1 amide bonds. The molecule has 0 atom stereocenters. The van der Waals surface area contributed by atoms with Crippen LogP contribution in [0.4, 0.5) is 11.4 Å². The third-order valence-corrected chi connectivity index (χ3v) is 4.46. The second kappa shape index (κ2) is 7.69. The van der Waals surface area contributed by atoms with Gasteiger partial charge >= 0.3 is 0 Å². The van der Waals surface area contributed by atoms with Crippen LogP contribution in [0.5, 0.6) is 11.5 Å². The number of nitro benzene ring substituents is 1. The van der Waals surface area contributed by atoms with Gasteiger partial charge in [-0.25, -0.2) is 0 Å². The quantitative estimate of drug-likeness (QED) is 0.465. The van der Waals surface area contributed by atoms with Gasteiger partial charge in [-0.05, 0) is 43.5 Å². The van der Waals surface area contributed by atoms with Crippen molar-refractivity contribution >= 4 is 28.9 Å². The molecule has 1 aromatic heterocycles. The van der Waals surface area contributed by atoms with Crippen molar-refractivity contribution in [2.45, 2.75) is 20.8 Å². The molecule has 0 spiro atoms. The fraction of sp³-hybridized carbons (Fsp3) is 0.158. The molecule has 144 valence electrons. The van der Waals surface area contributed by atoms with Crippen LogP contribution in [0.1, 0.15) is 27.2 Å². The summed E-state index contributed by atoms with van der Waals surface area (Å²) in [5.41, 5.74) is 3.01. The van der Waals surface area contributed by atoms with E-state index in [-0.39, 0.29) is 27.8 Å². The molecule has 0 saturated heterocycles. The number of rotatable bonds is 5. The number of halogens is 1. The summed E-state index contributed by atoms with van der Waals surface area (Å²) >= 11 is 5.88. The third kappa shape index (κ3) is 4.12. The topological polar surface area (TPSA) is 110 Å². The summed E-state index contributed by atoms with van der Waals surface area (Å²) in [7, 11) is 0. The molecule has 0 bridgehead atoms. The van der Waals surface area contributed by atoms with Crippen molar-refractivity contribution in [3.8, 4) is 11.5 Å². The molecule has 0 aliphatic rings. The maximum absolute atomic E-state index is 12.3. The molecular formula is C19H17ClN4O4. The van der Waals surface area contributed by atoms with E-state index < -0.39 is 10.8 Å². The molecule has 2 N–H and O–H groups in total. The van der Waals surface area contributed by atoms with E-state index in [1.807, 2.05) is 32.9 Å². The van der Waals surface area contributed by atoms with Crippen molar-refractivity contribution in [1.29, 1.82) is 0 Å². The standard InChI is InChI=1S/C19H17ClN4O4/c1-10-4-11(2)12(3)17(5-10)28-15-7-13(6-14(8-15)24(26)27)22-19(25)18-16(20)9-21-23-18/h4-9H,1-3H3,(H,21,23)(H,22,25). The number of anilines is 1. The maximum Gasteiger partial charge on any atom is 0.275 e. The van der Waals surface area contributed by atoms with Crippen molar-refractivity contribution in [3.63, 3.8) is 0 Å². The predicted octanol–water partition coefficient (Wildman–Crippen LogP) is 4.94. The minimum atomic E-state index is -0.573. The lowest BCUT2D eigenvalue weighted by Gasteiger charge is -2.13. The number of benzene rings is 2. The van der Waals surface area contributed by atoms with Crippen LogP contribution in [0, 0.1) is 30.9 Å². The number of H-pyrrole nitrogens is 1. The highest BCUT2D eigenvalue weighted by molar-refractivity contribution is 6.34. The van der Waals surface area contributed by atoms with Crippen LogP contribution in [0.3, 0.4) is 0 Å². The van der Waals surface area contributed by atoms with Crippen LogP contribution in [0.2, 0.25) is 5.02 Å². The second-order valence-electron chi connectivity index (χ2n) is 6.33. The Morgan fingerprint density at radius 1 is 1.21 bits per heavy atom. The number of nitrogens with one attached hydrogen (secondary N) is 2. The molecule has 28 heavy (non-hydrogen) atoms. The number of nitro groups is 1. The SMILES string of the molecule is Cc1cc(C)c(C)c(Oc2cc(NC(=O)c3[nH]ncc3Cl)cc([N+](=O)[O-])c2)c1. The van der Waals surface area contributed by atoms with Gasteiger partial charge in [-0.2, -0.15) is 5.10 Å². The molecule has 9 heteroatoms. The van der Waals surface area contributed by atoms with E-state index >= 15 is 0 Å². The van der Waals surface area contributed by atoms with Crippen LogP contribution >= 0.6 is 11.6 Å². The average Bonchev–Trinajstić information content (AvgIpc) is 3.05. The molecular weight excluding hydrogens is 384 g/mol. The van der Waals surface area contributed by atoms with Gasteiger partial charge in [0.1, 0.15) is 17.2 Å². The summed E-state index contributed by atoms with van der Waals surface area (Å²) in [6, 6.07) is 7.92. The summed E-state index contributed by atoms with van der Waals surface area (Å²) < 4.78 is 5.90. The molecule has 0 fully saturated rings. The maximum atomic E-state index is 12.3. The molecule has 3 aromatic rings. The molecule has 1 heterocycles. The van der Waals surface area contributed by atoms with Crippen molar-refractivity contribution in [1.82, 2.24) is 10.2 Å². The van der Waals surface area contributed by atoms with Crippen LogP contribution in [0.15, 0.2) is 36.5 Å². The van der Waals surface area contributed by atoms with Gasteiger partial charge in [-0.15, -0.1) is 0 Å². The van der Waals surface area contributed by atoms with Crippen molar-refractivity contribution in [3.05, 3.63) is 74.0 Å². The number of amides is 1. The molecule has 0 radical (unpaired) electrons. The number of aromatic amines is 1. The molecule has 0 saturated carbocycles. The second-order valence-corrected chi connectivity index (χ2v) is 6.73. The Labute approximate surface area is 165 Å². The Morgan fingerprint density at radius 3 is 2.61 bits per heavy atom. The summed E-state index contributed by atoms with van der Waals surface area (Å²) in [5, 5.41) is 20.2. The highest BCUT2D eigenvalue weighted by Crippen LogP contribution is 2.33. The normalized spacial score (nSPS) is 10.6. The van der Waals surface area contributed by atoms with Crippen molar-refractivity contribution in [2.24, 2.45) is 0 Å². The lowest BCUT2D eigenvalue weighted by Crippen LogP contribution is -2.13. The number of ether oxygens (including phenoxy) is 1. The minimum absolute atomic E-state index is 0.0563. The number of non-ortho nitro benzene ring substituents is 1. The Hall–Kier alpha value is -3.39. The van der Waals surface area contributed by atoms with Gasteiger partial charge in [0.05, 0.1) is 27.9 Å². The Bertz CT molecular complexity index is 1080. The van der Waals surface area contributed by atoms with Crippen molar-refractivity contribution < 1.29 is 14.5 Å². The first-order chi connectivity index (χ1) is 13.2. The Morgan fingerprint density at radius 2 is 1.96 bits per heavy atom. The van der Waals surface area contributed by atoms with E-state index in [0.29, 0.717) is 5.75 Å². The summed E-state index contributed by atoms with van der Waals surface area (Å²) in [5.74, 6) is 0.247. The zero-order valence-electron chi connectivity index (χ0n) is 15.4. The minimum Gasteiger partial charge on any atom is -0.457 e. The van der Waals surface area contributed by atoms with Gasteiger partial charge in [0.25, 0.3) is 11.6 Å². The lowest BCUT2D eigenvalue weighted by molar-refractivity contribution is -0.384. The number of hydrogen-bond donors (Lipinski definition) is 2. The zero-order valence-corrected chi connectivity index (χ0v) is 16.1. The third-order valence-electron chi connectivity index (χ3n) is 4.17. The van der Waals surface area contributed by atoms with E-state index in [2.05, 4.69) is 15.5 Å². The van der Waals surface area contributed by atoms with Crippen LogP contribution in [-0.4, -0.2) is 21.0 Å². The monoisotopic (exact) mass is 400 g/mol. The van der Waals surface area contributed by atoms with Gasteiger partial charge in [-0.3, -0.25) is 20.0 Å². The zero-order chi connectivity index (χ0) is 20.4. The fourth-order valence-corrected chi connectivity index (χ4v) is 2.85. The summed E-state index contributed by atoms with van der Waals surface area (Å²) in [6.07, 6.45) is 1.29. The Balaban J connectivity index is 1.95. The van der Waals surface area contributed by atoms with Crippen LogP contribution < -0.4 is 10.1 Å². The highest BCUT2D eigenvalue weighted by atomic mass is 35.5. The fourth-order valence-electron chi connectivity index (χ4n) is 2.68. The number of carbonyl (C=O) groups is 1. The first-order valence-electron chi connectivity index (χ1n) is 8.30. The largest absolute Gasteiger partial charge is 0.457 e. The van der Waals surface area contributed by atoms with E-state index in [4.69, 9.17) is 16.3 Å². The summed E-state index contributed by atoms with van der Waals surface area (Å²) in [6.45, 7) is 5.80. The average molecular weight is 401 g/mol. The first-order valence-corrected chi connectivity index (χ1v) is 8.68. The predicted molar refractivity (Wildman–Crippen MR) is 105 cm³/mol. The highest BCUT2D eigenvalue weighted by Gasteiger charge is 2.17. The van der Waals surface area contributed by atoms with Crippen molar-refractivity contribution in [2.75, 3.05) is 5.32 Å². The molecule has 8 nitrogen and oxygen atoms in total. The van der Waals surface area contributed by atoms with Gasteiger partial charge in [0, 0.05) is 12.1 Å². The molecule has 3 rings (SSSR count). The summed E-state index contributed by atoms with van der Waals surface area (Å²) in [4.78, 5) is 23.1. The molecule has 2 aromatic carbocycles. The number of aryl methyl sites for hydroxylation is 2. The van der Waals surface area contributed by atoms with E-state index in [1.54, 1.807) is 0 Å². The van der Waals surface area contributed by atoms with Crippen LogP contribution in [0.25, 0.3) is 0 Å². The van der Waals surface area contributed by atoms with Gasteiger partial charge in [-0.1, -0.05) is 17.7 Å². The van der Waals surface area contributed by atoms with E-state index in [0.717, 1.165) is 16.7 Å². The van der Waals surface area contributed by atoms with Gasteiger partial charge in [0.15, 0.2) is 0 Å². The van der Waals surface area contributed by atoms with Gasteiger partial charge < -0.3 is 10.1 Å². The first kappa shape index (κ1) is 19.4. The Kier molecular flexibility index (Phi) is 5.32. The smallest absolute Gasteiger partial charge is 0.275 e.